The molecule has 0 spiro atoms. The van der Waals surface area contributed by atoms with Crippen LogP contribution in [0.5, 0.6) is 0 Å². The first-order valence-corrected chi connectivity index (χ1v) is 5.65. The highest BCUT2D eigenvalue weighted by Gasteiger charge is 2.08. The van der Waals surface area contributed by atoms with E-state index in [1.807, 2.05) is 36.4 Å². The van der Waals surface area contributed by atoms with Gasteiger partial charge >= 0.3 is 0 Å². The fourth-order valence-electron chi connectivity index (χ4n) is 2.03. The van der Waals surface area contributed by atoms with E-state index in [0.717, 1.165) is 22.4 Å². The van der Waals surface area contributed by atoms with Gasteiger partial charge in [0.05, 0.1) is 17.4 Å². The number of hydrogen-bond donors (Lipinski definition) is 2. The van der Waals surface area contributed by atoms with Crippen molar-refractivity contribution in [1.82, 2.24) is 24.9 Å². The highest BCUT2D eigenvalue weighted by atomic mass is 15.0. The Morgan fingerprint density at radius 2 is 1.78 bits per heavy atom. The van der Waals surface area contributed by atoms with Gasteiger partial charge in [-0.3, -0.25) is 0 Å². The molecule has 3 aromatic heterocycles. The molecule has 0 unspecified atom stereocenters. The van der Waals surface area contributed by atoms with Gasteiger partial charge in [0.2, 0.25) is 0 Å². The lowest BCUT2D eigenvalue weighted by atomic mass is 10.2. The molecule has 4 aromatic rings. The van der Waals surface area contributed by atoms with Gasteiger partial charge in [-0.1, -0.05) is 30.3 Å². The van der Waals surface area contributed by atoms with Crippen LogP contribution in [0.4, 0.5) is 0 Å². The Labute approximate surface area is 102 Å². The molecular weight excluding hydrogens is 226 g/mol. The third kappa shape index (κ3) is 1.31. The second-order valence-electron chi connectivity index (χ2n) is 4.08. The number of nitrogens with zero attached hydrogens (tertiary/aromatic N) is 3. The van der Waals surface area contributed by atoms with Gasteiger partial charge in [0.15, 0.2) is 11.3 Å². The first kappa shape index (κ1) is 9.35. The number of pyridine rings is 1. The summed E-state index contributed by atoms with van der Waals surface area (Å²) in [7, 11) is 0. The number of aromatic nitrogens is 5. The minimum absolute atomic E-state index is 0.688. The summed E-state index contributed by atoms with van der Waals surface area (Å²) < 4.78 is 0. The molecule has 0 amide bonds. The van der Waals surface area contributed by atoms with Gasteiger partial charge in [-0.25, -0.2) is 15.0 Å². The Hall–Kier alpha value is -2.69. The highest BCUT2D eigenvalue weighted by molar-refractivity contribution is 5.86. The van der Waals surface area contributed by atoms with Crippen LogP contribution >= 0.6 is 0 Å². The van der Waals surface area contributed by atoms with Crippen LogP contribution in [0.15, 0.2) is 42.7 Å². The summed E-state index contributed by atoms with van der Waals surface area (Å²) >= 11 is 0. The van der Waals surface area contributed by atoms with E-state index in [9.17, 15) is 0 Å². The lowest BCUT2D eigenvalue weighted by molar-refractivity contribution is 1.29. The van der Waals surface area contributed by atoms with E-state index in [1.165, 1.54) is 0 Å². The lowest BCUT2D eigenvalue weighted by Gasteiger charge is -1.93. The van der Waals surface area contributed by atoms with E-state index < -0.39 is 0 Å². The van der Waals surface area contributed by atoms with Gasteiger partial charge in [0.25, 0.3) is 0 Å². The van der Waals surface area contributed by atoms with Gasteiger partial charge in [-0.05, 0) is 6.07 Å². The molecule has 0 aliphatic rings. The number of rotatable bonds is 1. The van der Waals surface area contributed by atoms with Crippen molar-refractivity contribution in [2.24, 2.45) is 0 Å². The maximum Gasteiger partial charge on any atom is 0.180 e. The molecule has 5 heteroatoms. The van der Waals surface area contributed by atoms with Crippen molar-refractivity contribution in [3.8, 4) is 11.4 Å². The van der Waals surface area contributed by atoms with E-state index in [0.29, 0.717) is 11.3 Å². The van der Waals surface area contributed by atoms with Crippen molar-refractivity contribution in [3.05, 3.63) is 42.7 Å². The lowest BCUT2D eigenvalue weighted by Crippen LogP contribution is -1.79. The fourth-order valence-corrected chi connectivity index (χ4v) is 2.03. The SMILES string of the molecule is c1ccc(-c2nc3nc4nc[nH]c4cc3[nH]2)cc1. The molecular formula is C13H9N5. The average molecular weight is 235 g/mol. The Bertz CT molecular complexity index is 780. The maximum atomic E-state index is 4.49. The minimum Gasteiger partial charge on any atom is -0.343 e. The van der Waals surface area contributed by atoms with E-state index >= 15 is 0 Å². The molecule has 3 heterocycles. The first-order valence-electron chi connectivity index (χ1n) is 5.65. The third-order valence-corrected chi connectivity index (χ3v) is 2.91. The molecule has 0 radical (unpaired) electrons. The summed E-state index contributed by atoms with van der Waals surface area (Å²) in [5.41, 5.74) is 4.24. The zero-order valence-electron chi connectivity index (χ0n) is 9.38. The zero-order valence-corrected chi connectivity index (χ0v) is 9.38. The van der Waals surface area contributed by atoms with Crippen LogP contribution in [-0.2, 0) is 0 Å². The number of nitrogens with one attached hydrogen (secondary N) is 2. The van der Waals surface area contributed by atoms with E-state index in [-0.39, 0.29) is 0 Å². The van der Waals surface area contributed by atoms with Gasteiger partial charge < -0.3 is 9.97 Å². The number of aromatic amines is 2. The quantitative estimate of drug-likeness (QED) is 0.532. The molecule has 0 aliphatic heterocycles. The zero-order chi connectivity index (χ0) is 11.9. The van der Waals surface area contributed by atoms with Crippen molar-refractivity contribution < 1.29 is 0 Å². The molecule has 0 fully saturated rings. The Balaban J connectivity index is 1.98. The van der Waals surface area contributed by atoms with Crippen LogP contribution in [-0.4, -0.2) is 24.9 Å². The molecule has 0 bridgehead atoms. The predicted octanol–water partition coefficient (Wildman–Crippen LogP) is 2.50. The average Bonchev–Trinajstić information content (AvgIpc) is 3.01. The molecule has 0 saturated carbocycles. The summed E-state index contributed by atoms with van der Waals surface area (Å²) in [5, 5.41) is 0. The van der Waals surface area contributed by atoms with Crippen molar-refractivity contribution in [1.29, 1.82) is 0 Å². The predicted molar refractivity (Wildman–Crippen MR) is 69.0 cm³/mol. The summed E-state index contributed by atoms with van der Waals surface area (Å²) in [6.45, 7) is 0. The second kappa shape index (κ2) is 3.40. The number of fused-ring (bicyclic) bond motifs is 2. The van der Waals surface area contributed by atoms with E-state index in [2.05, 4.69) is 24.9 Å². The molecule has 18 heavy (non-hydrogen) atoms. The molecule has 2 N–H and O–H groups in total. The summed E-state index contributed by atoms with van der Waals surface area (Å²) in [4.78, 5) is 19.3. The molecule has 5 nitrogen and oxygen atoms in total. The van der Waals surface area contributed by atoms with Crippen molar-refractivity contribution in [2.45, 2.75) is 0 Å². The normalized spacial score (nSPS) is 11.3. The third-order valence-electron chi connectivity index (χ3n) is 2.91. The maximum absolute atomic E-state index is 4.49. The Morgan fingerprint density at radius 1 is 0.889 bits per heavy atom. The van der Waals surface area contributed by atoms with Gasteiger partial charge in [-0.2, -0.15) is 0 Å². The Kier molecular flexibility index (Phi) is 1.77. The fraction of sp³-hybridized carbons (Fsp3) is 0. The van der Waals surface area contributed by atoms with Gasteiger partial charge in [0.1, 0.15) is 5.82 Å². The van der Waals surface area contributed by atoms with E-state index in [4.69, 9.17) is 0 Å². The van der Waals surface area contributed by atoms with E-state index in [1.54, 1.807) is 6.33 Å². The highest BCUT2D eigenvalue weighted by Crippen LogP contribution is 2.20. The van der Waals surface area contributed by atoms with Crippen LogP contribution in [0.1, 0.15) is 0 Å². The monoisotopic (exact) mass is 235 g/mol. The van der Waals surface area contributed by atoms with Crippen molar-refractivity contribution >= 4 is 22.3 Å². The molecule has 0 aliphatic carbocycles. The van der Waals surface area contributed by atoms with Crippen LogP contribution in [0, 0.1) is 0 Å². The van der Waals surface area contributed by atoms with Crippen LogP contribution in [0.2, 0.25) is 0 Å². The number of imidazole rings is 2. The summed E-state index contributed by atoms with van der Waals surface area (Å²) in [5.74, 6) is 0.825. The van der Waals surface area contributed by atoms with Crippen LogP contribution < -0.4 is 0 Å². The standard InChI is InChI=1S/C13H9N5/c1-2-4-8(5-3-1)11-16-10-6-9-12(15-7-14-9)18-13(10)17-11/h1-7H,(H2,14,15,16,17,18). The smallest absolute Gasteiger partial charge is 0.180 e. The Morgan fingerprint density at radius 3 is 2.67 bits per heavy atom. The number of benzene rings is 1. The molecule has 1 aromatic carbocycles. The van der Waals surface area contributed by atoms with Gasteiger partial charge in [-0.15, -0.1) is 0 Å². The topological polar surface area (TPSA) is 70.2 Å². The van der Waals surface area contributed by atoms with Crippen LogP contribution in [0.3, 0.4) is 0 Å². The molecule has 86 valence electrons. The second-order valence-corrected chi connectivity index (χ2v) is 4.08. The van der Waals surface area contributed by atoms with Crippen molar-refractivity contribution in [3.63, 3.8) is 0 Å². The van der Waals surface area contributed by atoms with Crippen LogP contribution in [0.25, 0.3) is 33.7 Å². The first-order chi connectivity index (χ1) is 8.90. The molecule has 0 saturated heterocycles. The number of hydrogen-bond acceptors (Lipinski definition) is 3. The van der Waals surface area contributed by atoms with Crippen molar-refractivity contribution in [2.75, 3.05) is 0 Å². The summed E-state index contributed by atoms with van der Waals surface area (Å²) in [6.07, 6.45) is 1.63. The number of H-pyrrole nitrogens is 2. The van der Waals surface area contributed by atoms with Gasteiger partial charge in [0, 0.05) is 5.56 Å². The largest absolute Gasteiger partial charge is 0.343 e. The minimum atomic E-state index is 0.688. The molecule has 0 atom stereocenters. The summed E-state index contributed by atoms with van der Waals surface area (Å²) in [6, 6.07) is 12.0. The molecule has 4 rings (SSSR count).